The van der Waals surface area contributed by atoms with E-state index in [1.54, 1.807) is 20.4 Å². The number of oxazole rings is 1. The molecule has 0 atom stereocenters. The zero-order valence-electron chi connectivity index (χ0n) is 16.7. The van der Waals surface area contributed by atoms with E-state index in [9.17, 15) is 0 Å². The first-order chi connectivity index (χ1) is 13.6. The Morgan fingerprint density at radius 1 is 1.07 bits per heavy atom. The summed E-state index contributed by atoms with van der Waals surface area (Å²) in [4.78, 5) is 8.80. The predicted octanol–water partition coefficient (Wildman–Crippen LogP) is 3.83. The number of rotatable bonds is 6. The van der Waals surface area contributed by atoms with E-state index in [0.29, 0.717) is 24.9 Å². The SMILES string of the molecule is CN=C(NCc1ccc(OC)c(C)c1)NCc1coc(-c2ccc(C)cc2)n1. The minimum absolute atomic E-state index is 0.524. The number of aliphatic imine (C=N–C) groups is 1. The molecule has 0 aliphatic rings. The highest BCUT2D eigenvalue weighted by atomic mass is 16.5. The number of nitrogens with zero attached hydrogens (tertiary/aromatic N) is 2. The van der Waals surface area contributed by atoms with Crippen LogP contribution in [-0.2, 0) is 13.1 Å². The molecule has 2 N–H and O–H groups in total. The van der Waals surface area contributed by atoms with Gasteiger partial charge in [0.15, 0.2) is 5.96 Å². The van der Waals surface area contributed by atoms with Crippen LogP contribution in [0.1, 0.15) is 22.4 Å². The third-order valence-electron chi connectivity index (χ3n) is 4.43. The molecule has 0 saturated carbocycles. The highest BCUT2D eigenvalue weighted by molar-refractivity contribution is 5.79. The fraction of sp³-hybridized carbons (Fsp3) is 0.273. The quantitative estimate of drug-likeness (QED) is 0.504. The summed E-state index contributed by atoms with van der Waals surface area (Å²) < 4.78 is 10.9. The smallest absolute Gasteiger partial charge is 0.226 e. The first-order valence-electron chi connectivity index (χ1n) is 9.18. The minimum Gasteiger partial charge on any atom is -0.496 e. The predicted molar refractivity (Wildman–Crippen MR) is 111 cm³/mol. The lowest BCUT2D eigenvalue weighted by atomic mass is 10.1. The lowest BCUT2D eigenvalue weighted by Crippen LogP contribution is -2.36. The van der Waals surface area contributed by atoms with Crippen LogP contribution in [0.25, 0.3) is 11.5 Å². The van der Waals surface area contributed by atoms with E-state index < -0.39 is 0 Å². The maximum absolute atomic E-state index is 5.60. The topological polar surface area (TPSA) is 71.7 Å². The second-order valence-electron chi connectivity index (χ2n) is 6.59. The van der Waals surface area contributed by atoms with Crippen molar-refractivity contribution in [2.75, 3.05) is 14.2 Å². The van der Waals surface area contributed by atoms with Crippen LogP contribution in [0.15, 0.2) is 58.1 Å². The highest BCUT2D eigenvalue weighted by Crippen LogP contribution is 2.19. The fourth-order valence-corrected chi connectivity index (χ4v) is 2.85. The summed E-state index contributed by atoms with van der Waals surface area (Å²) in [5, 5.41) is 6.56. The van der Waals surface area contributed by atoms with Gasteiger partial charge in [0.25, 0.3) is 0 Å². The van der Waals surface area contributed by atoms with Crippen LogP contribution < -0.4 is 15.4 Å². The van der Waals surface area contributed by atoms with Crippen LogP contribution in [0.4, 0.5) is 0 Å². The number of hydrogen-bond acceptors (Lipinski definition) is 4. The van der Waals surface area contributed by atoms with Gasteiger partial charge < -0.3 is 19.8 Å². The molecule has 0 saturated heterocycles. The lowest BCUT2D eigenvalue weighted by molar-refractivity contribution is 0.411. The van der Waals surface area contributed by atoms with Gasteiger partial charge in [0, 0.05) is 19.2 Å². The highest BCUT2D eigenvalue weighted by Gasteiger charge is 2.08. The number of benzene rings is 2. The molecule has 1 aromatic heterocycles. The maximum atomic E-state index is 5.60. The molecule has 0 bridgehead atoms. The summed E-state index contributed by atoms with van der Waals surface area (Å²) in [5.74, 6) is 2.21. The lowest BCUT2D eigenvalue weighted by Gasteiger charge is -2.12. The van der Waals surface area contributed by atoms with Gasteiger partial charge in [0.2, 0.25) is 5.89 Å². The van der Waals surface area contributed by atoms with Gasteiger partial charge in [-0.25, -0.2) is 4.98 Å². The van der Waals surface area contributed by atoms with E-state index in [0.717, 1.165) is 28.1 Å². The Labute approximate surface area is 165 Å². The zero-order chi connectivity index (χ0) is 19.9. The van der Waals surface area contributed by atoms with Crippen LogP contribution in [0.2, 0.25) is 0 Å². The Kier molecular flexibility index (Phi) is 6.32. The standard InChI is InChI=1S/C22H26N4O2/c1-15-5-8-18(9-6-15)21-26-19(14-28-21)13-25-22(23-3)24-12-17-7-10-20(27-4)16(2)11-17/h5-11,14H,12-13H2,1-4H3,(H2,23,24,25). The molecule has 0 spiro atoms. The Balaban J connectivity index is 1.54. The van der Waals surface area contributed by atoms with Crippen LogP contribution in [-0.4, -0.2) is 25.1 Å². The number of hydrogen-bond donors (Lipinski definition) is 2. The molecule has 6 nitrogen and oxygen atoms in total. The van der Waals surface area contributed by atoms with Gasteiger partial charge in [0.05, 0.1) is 19.3 Å². The number of aryl methyl sites for hydroxylation is 2. The van der Waals surface area contributed by atoms with Crippen LogP contribution in [0.3, 0.4) is 0 Å². The molecule has 1 heterocycles. The van der Waals surface area contributed by atoms with Crippen molar-refractivity contribution in [1.29, 1.82) is 0 Å². The summed E-state index contributed by atoms with van der Waals surface area (Å²) >= 11 is 0. The van der Waals surface area contributed by atoms with Crippen molar-refractivity contribution >= 4 is 5.96 Å². The molecule has 146 valence electrons. The van der Waals surface area contributed by atoms with E-state index in [1.807, 2.05) is 43.3 Å². The van der Waals surface area contributed by atoms with Crippen molar-refractivity contribution in [2.24, 2.45) is 4.99 Å². The molecular formula is C22H26N4O2. The molecule has 6 heteroatoms. The number of guanidine groups is 1. The number of aromatic nitrogens is 1. The van der Waals surface area contributed by atoms with Crippen LogP contribution >= 0.6 is 0 Å². The van der Waals surface area contributed by atoms with Crippen LogP contribution in [0.5, 0.6) is 5.75 Å². The van der Waals surface area contributed by atoms with Crippen molar-refractivity contribution in [3.05, 3.63) is 71.1 Å². The molecule has 28 heavy (non-hydrogen) atoms. The van der Waals surface area contributed by atoms with Gasteiger partial charge in [-0.2, -0.15) is 0 Å². The summed E-state index contributed by atoms with van der Waals surface area (Å²) in [6.45, 7) is 5.28. The second-order valence-corrected chi connectivity index (χ2v) is 6.59. The molecular weight excluding hydrogens is 352 g/mol. The monoisotopic (exact) mass is 378 g/mol. The first-order valence-corrected chi connectivity index (χ1v) is 9.18. The van der Waals surface area contributed by atoms with Gasteiger partial charge in [-0.3, -0.25) is 4.99 Å². The first kappa shape index (κ1) is 19.5. The molecule has 0 amide bonds. The largest absolute Gasteiger partial charge is 0.496 e. The van der Waals surface area contributed by atoms with Crippen molar-refractivity contribution in [2.45, 2.75) is 26.9 Å². The summed E-state index contributed by atoms with van der Waals surface area (Å²) in [6.07, 6.45) is 1.67. The normalized spacial score (nSPS) is 11.4. The van der Waals surface area contributed by atoms with Crippen LogP contribution in [0, 0.1) is 13.8 Å². The zero-order valence-corrected chi connectivity index (χ0v) is 16.7. The van der Waals surface area contributed by atoms with E-state index in [2.05, 4.69) is 33.6 Å². The van der Waals surface area contributed by atoms with E-state index in [-0.39, 0.29) is 0 Å². The van der Waals surface area contributed by atoms with Crippen molar-refractivity contribution in [3.63, 3.8) is 0 Å². The van der Waals surface area contributed by atoms with Crippen molar-refractivity contribution in [3.8, 4) is 17.2 Å². The number of methoxy groups -OCH3 is 1. The number of nitrogens with one attached hydrogen (secondary N) is 2. The summed E-state index contributed by atoms with van der Waals surface area (Å²) in [5.41, 5.74) is 5.26. The van der Waals surface area contributed by atoms with Gasteiger partial charge in [-0.15, -0.1) is 0 Å². The fourth-order valence-electron chi connectivity index (χ4n) is 2.85. The minimum atomic E-state index is 0.524. The Morgan fingerprint density at radius 2 is 1.82 bits per heavy atom. The van der Waals surface area contributed by atoms with E-state index >= 15 is 0 Å². The molecule has 0 unspecified atom stereocenters. The molecule has 0 fully saturated rings. The Bertz CT molecular complexity index is 945. The van der Waals surface area contributed by atoms with Crippen molar-refractivity contribution < 1.29 is 9.15 Å². The molecule has 2 aromatic carbocycles. The van der Waals surface area contributed by atoms with E-state index in [1.165, 1.54) is 5.56 Å². The molecule has 0 aliphatic carbocycles. The molecule has 3 aromatic rings. The molecule has 0 aliphatic heterocycles. The average Bonchev–Trinajstić information content (AvgIpc) is 3.18. The number of ether oxygens (including phenoxy) is 1. The average molecular weight is 378 g/mol. The van der Waals surface area contributed by atoms with Gasteiger partial charge in [0.1, 0.15) is 12.0 Å². The molecule has 3 rings (SSSR count). The van der Waals surface area contributed by atoms with Gasteiger partial charge in [-0.05, 0) is 43.2 Å². The Hall–Kier alpha value is -3.28. The second kappa shape index (κ2) is 9.08. The van der Waals surface area contributed by atoms with Gasteiger partial charge >= 0.3 is 0 Å². The third kappa shape index (κ3) is 4.91. The summed E-state index contributed by atoms with van der Waals surface area (Å²) in [7, 11) is 3.43. The third-order valence-corrected chi connectivity index (χ3v) is 4.43. The van der Waals surface area contributed by atoms with Gasteiger partial charge in [-0.1, -0.05) is 29.8 Å². The van der Waals surface area contributed by atoms with E-state index in [4.69, 9.17) is 9.15 Å². The maximum Gasteiger partial charge on any atom is 0.226 e. The summed E-state index contributed by atoms with van der Waals surface area (Å²) in [6, 6.07) is 14.2. The molecule has 0 radical (unpaired) electrons. The van der Waals surface area contributed by atoms with Crippen molar-refractivity contribution in [1.82, 2.24) is 15.6 Å². The Morgan fingerprint density at radius 3 is 2.50 bits per heavy atom.